The van der Waals surface area contributed by atoms with E-state index < -0.39 is 5.97 Å². The summed E-state index contributed by atoms with van der Waals surface area (Å²) in [6.07, 6.45) is 3.79. The molecule has 2 saturated carbocycles. The van der Waals surface area contributed by atoms with Gasteiger partial charge in [-0.25, -0.2) is 0 Å². The highest BCUT2D eigenvalue weighted by molar-refractivity contribution is 5.66. The van der Waals surface area contributed by atoms with E-state index in [4.69, 9.17) is 5.11 Å². The van der Waals surface area contributed by atoms with Gasteiger partial charge in [0.15, 0.2) is 0 Å². The summed E-state index contributed by atoms with van der Waals surface area (Å²) in [6, 6.07) is 0. The van der Waals surface area contributed by atoms with Crippen LogP contribution in [0.3, 0.4) is 0 Å². The van der Waals surface area contributed by atoms with Crippen LogP contribution in [0.5, 0.6) is 0 Å². The zero-order chi connectivity index (χ0) is 11.3. The Bertz CT molecular complexity index is 289. The summed E-state index contributed by atoms with van der Waals surface area (Å²) in [5.41, 5.74) is -0.0159. The molecule has 0 amide bonds. The second-order valence-corrected chi connectivity index (χ2v) is 5.72. The van der Waals surface area contributed by atoms with E-state index in [1.165, 1.54) is 0 Å². The van der Waals surface area contributed by atoms with Gasteiger partial charge in [0.05, 0.1) is 6.10 Å². The van der Waals surface area contributed by atoms with Crippen LogP contribution in [-0.4, -0.2) is 22.3 Å². The third-order valence-electron chi connectivity index (χ3n) is 5.32. The molecular weight excluding hydrogens is 192 g/mol. The van der Waals surface area contributed by atoms with Gasteiger partial charge in [0.1, 0.15) is 0 Å². The molecule has 2 rings (SSSR count). The maximum absolute atomic E-state index is 10.7. The summed E-state index contributed by atoms with van der Waals surface area (Å²) in [5, 5.41) is 18.8. The molecule has 0 aromatic heterocycles. The Kier molecular flexibility index (Phi) is 2.34. The summed E-state index contributed by atoms with van der Waals surface area (Å²) in [6.45, 7) is 4.30. The molecule has 3 nitrogen and oxygen atoms in total. The van der Waals surface area contributed by atoms with E-state index in [-0.39, 0.29) is 23.4 Å². The fraction of sp³-hybridized carbons (Fsp3) is 0.917. The quantitative estimate of drug-likeness (QED) is 0.752. The van der Waals surface area contributed by atoms with E-state index in [0.717, 1.165) is 19.3 Å². The van der Waals surface area contributed by atoms with Crippen molar-refractivity contribution < 1.29 is 15.0 Å². The first-order chi connectivity index (χ1) is 6.90. The maximum Gasteiger partial charge on any atom is 0.303 e. The predicted molar refractivity (Wildman–Crippen MR) is 56.4 cm³/mol. The summed E-state index contributed by atoms with van der Waals surface area (Å²) in [7, 11) is 0. The smallest absolute Gasteiger partial charge is 0.303 e. The largest absolute Gasteiger partial charge is 0.481 e. The second kappa shape index (κ2) is 3.21. The van der Waals surface area contributed by atoms with Crippen molar-refractivity contribution in [1.29, 1.82) is 0 Å². The lowest BCUT2D eigenvalue weighted by Crippen LogP contribution is -2.37. The lowest BCUT2D eigenvalue weighted by molar-refractivity contribution is -0.138. The van der Waals surface area contributed by atoms with E-state index in [1.54, 1.807) is 0 Å². The Morgan fingerprint density at radius 3 is 2.53 bits per heavy atom. The van der Waals surface area contributed by atoms with Crippen molar-refractivity contribution in [3.63, 3.8) is 0 Å². The molecule has 0 aromatic carbocycles. The van der Waals surface area contributed by atoms with Gasteiger partial charge < -0.3 is 10.2 Å². The van der Waals surface area contributed by atoms with Crippen LogP contribution in [0.4, 0.5) is 0 Å². The zero-order valence-corrected chi connectivity index (χ0v) is 9.49. The number of hydrogen-bond donors (Lipinski definition) is 2. The van der Waals surface area contributed by atoms with Crippen molar-refractivity contribution in [2.24, 2.45) is 16.7 Å². The van der Waals surface area contributed by atoms with Gasteiger partial charge in [0.2, 0.25) is 0 Å². The Hall–Kier alpha value is -0.570. The molecule has 2 N–H and O–H groups in total. The van der Waals surface area contributed by atoms with Crippen LogP contribution in [0.2, 0.25) is 0 Å². The van der Waals surface area contributed by atoms with E-state index in [9.17, 15) is 9.90 Å². The van der Waals surface area contributed by atoms with Crippen molar-refractivity contribution in [3.05, 3.63) is 0 Å². The molecule has 0 radical (unpaired) electrons. The van der Waals surface area contributed by atoms with Crippen LogP contribution in [0.25, 0.3) is 0 Å². The van der Waals surface area contributed by atoms with Crippen LogP contribution in [0.1, 0.15) is 46.0 Å². The van der Waals surface area contributed by atoms with Gasteiger partial charge in [0, 0.05) is 6.42 Å². The fourth-order valence-electron chi connectivity index (χ4n) is 3.86. The summed E-state index contributed by atoms with van der Waals surface area (Å²) < 4.78 is 0. The molecule has 86 valence electrons. The van der Waals surface area contributed by atoms with Crippen molar-refractivity contribution in [2.75, 3.05) is 0 Å². The van der Waals surface area contributed by atoms with Crippen LogP contribution in [0, 0.1) is 16.7 Å². The standard InChI is InChI=1S/C12H20O3/c1-11(6-4-10(14)15)8-3-5-12(11,2)9(13)7-8/h8-9,13H,3-7H2,1-2H3,(H,14,15)/t8-,9+,11-,12-/m1/s1. The number of carboxylic acid groups (broad SMARTS) is 1. The number of aliphatic carboxylic acids is 1. The molecule has 2 bridgehead atoms. The SMILES string of the molecule is C[C@@]1(CCC(=O)O)[C@@H]2CC[C@]1(C)[C@@H](O)C2. The summed E-state index contributed by atoms with van der Waals surface area (Å²) in [4.78, 5) is 10.7. The molecule has 2 fully saturated rings. The number of fused-ring (bicyclic) bond motifs is 2. The lowest BCUT2D eigenvalue weighted by Gasteiger charge is -2.39. The number of rotatable bonds is 3. The van der Waals surface area contributed by atoms with Crippen LogP contribution < -0.4 is 0 Å². The molecule has 0 aliphatic heterocycles. The molecule has 15 heavy (non-hydrogen) atoms. The van der Waals surface area contributed by atoms with Crippen molar-refractivity contribution in [1.82, 2.24) is 0 Å². The Morgan fingerprint density at radius 2 is 2.13 bits per heavy atom. The van der Waals surface area contributed by atoms with Crippen molar-refractivity contribution >= 4 is 5.97 Å². The fourth-order valence-corrected chi connectivity index (χ4v) is 3.86. The van der Waals surface area contributed by atoms with Gasteiger partial charge in [-0.15, -0.1) is 0 Å². The van der Waals surface area contributed by atoms with Crippen LogP contribution in [0.15, 0.2) is 0 Å². The van der Waals surface area contributed by atoms with E-state index in [2.05, 4.69) is 13.8 Å². The predicted octanol–water partition coefficient (Wildman–Crippen LogP) is 2.04. The number of carboxylic acids is 1. The van der Waals surface area contributed by atoms with Gasteiger partial charge in [-0.1, -0.05) is 13.8 Å². The van der Waals surface area contributed by atoms with E-state index >= 15 is 0 Å². The molecule has 0 spiro atoms. The van der Waals surface area contributed by atoms with Gasteiger partial charge in [-0.2, -0.15) is 0 Å². The highest BCUT2D eigenvalue weighted by Crippen LogP contribution is 2.67. The molecule has 0 saturated heterocycles. The van der Waals surface area contributed by atoms with Crippen LogP contribution >= 0.6 is 0 Å². The lowest BCUT2D eigenvalue weighted by atomic mass is 9.66. The number of aliphatic hydroxyl groups is 1. The molecule has 0 unspecified atom stereocenters. The normalized spacial score (nSPS) is 48.5. The highest BCUT2D eigenvalue weighted by atomic mass is 16.4. The molecule has 3 heteroatoms. The topological polar surface area (TPSA) is 57.5 Å². The monoisotopic (exact) mass is 212 g/mol. The third kappa shape index (κ3) is 1.32. The first kappa shape index (κ1) is 10.9. The molecule has 2 aliphatic rings. The minimum absolute atomic E-state index is 0.0325. The first-order valence-electron chi connectivity index (χ1n) is 5.80. The van der Waals surface area contributed by atoms with Gasteiger partial charge in [-0.05, 0) is 42.4 Å². The number of hydrogen-bond acceptors (Lipinski definition) is 2. The molecular formula is C12H20O3. The summed E-state index contributed by atoms with van der Waals surface area (Å²) >= 11 is 0. The number of aliphatic hydroxyl groups excluding tert-OH is 1. The summed E-state index contributed by atoms with van der Waals surface area (Å²) in [5.74, 6) is -0.197. The highest BCUT2D eigenvalue weighted by Gasteiger charge is 2.62. The van der Waals surface area contributed by atoms with Gasteiger partial charge >= 0.3 is 5.97 Å². The van der Waals surface area contributed by atoms with Gasteiger partial charge in [-0.3, -0.25) is 4.79 Å². The average molecular weight is 212 g/mol. The molecule has 2 aliphatic carbocycles. The van der Waals surface area contributed by atoms with Crippen LogP contribution in [-0.2, 0) is 4.79 Å². The van der Waals surface area contributed by atoms with Crippen molar-refractivity contribution in [2.45, 2.75) is 52.1 Å². The van der Waals surface area contributed by atoms with E-state index in [0.29, 0.717) is 12.3 Å². The minimum Gasteiger partial charge on any atom is -0.481 e. The Balaban J connectivity index is 2.17. The van der Waals surface area contributed by atoms with Crippen molar-refractivity contribution in [3.8, 4) is 0 Å². The van der Waals surface area contributed by atoms with E-state index in [1.807, 2.05) is 0 Å². The first-order valence-corrected chi connectivity index (χ1v) is 5.80. The average Bonchev–Trinajstić information content (AvgIpc) is 2.50. The number of carbonyl (C=O) groups is 1. The molecule has 0 aromatic rings. The third-order valence-corrected chi connectivity index (χ3v) is 5.32. The maximum atomic E-state index is 10.7. The zero-order valence-electron chi connectivity index (χ0n) is 9.49. The van der Waals surface area contributed by atoms with Gasteiger partial charge in [0.25, 0.3) is 0 Å². The molecule has 4 atom stereocenters. The minimum atomic E-state index is -0.722. The Labute approximate surface area is 90.5 Å². The molecule has 0 heterocycles. The second-order valence-electron chi connectivity index (χ2n) is 5.72. The Morgan fingerprint density at radius 1 is 1.47 bits per heavy atom.